The number of guanidine groups is 1. The summed E-state index contributed by atoms with van der Waals surface area (Å²) in [6.07, 6.45) is 1.86. The number of Topliss-reactive ketones (excluding diaryl/α,β-unsaturated/α-hetero) is 1. The fourth-order valence-corrected chi connectivity index (χ4v) is 3.43. The first kappa shape index (κ1) is 15.0. The van der Waals surface area contributed by atoms with Crippen LogP contribution in [0, 0.1) is 5.92 Å². The van der Waals surface area contributed by atoms with Crippen LogP contribution in [0.2, 0.25) is 5.02 Å². The molecule has 120 valence electrons. The Hall–Kier alpha value is -2.60. The molecule has 1 saturated carbocycles. The Balaban J connectivity index is 1.98. The number of hydrogen-bond donors (Lipinski definition) is 1. The summed E-state index contributed by atoms with van der Waals surface area (Å²) < 4.78 is 0. The Labute approximate surface area is 142 Å². The number of hydrogen-bond acceptors (Lipinski definition) is 5. The molecule has 1 unspecified atom stereocenters. The molecule has 3 aliphatic rings. The van der Waals surface area contributed by atoms with Crippen LogP contribution in [0.5, 0.6) is 0 Å². The van der Waals surface area contributed by atoms with Crippen molar-refractivity contribution in [2.75, 3.05) is 0 Å². The summed E-state index contributed by atoms with van der Waals surface area (Å²) in [6.45, 7) is 0. The van der Waals surface area contributed by atoms with Gasteiger partial charge in [-0.05, 0) is 36.1 Å². The van der Waals surface area contributed by atoms with E-state index in [4.69, 9.17) is 17.3 Å². The van der Waals surface area contributed by atoms with Crippen molar-refractivity contribution >= 4 is 46.4 Å². The maximum absolute atomic E-state index is 12.5. The molecule has 2 aliphatic heterocycles. The van der Waals surface area contributed by atoms with Crippen molar-refractivity contribution in [3.63, 3.8) is 0 Å². The number of nitrogens with two attached hydrogens (primary N) is 1. The van der Waals surface area contributed by atoms with Gasteiger partial charge in [-0.1, -0.05) is 23.7 Å². The van der Waals surface area contributed by atoms with Crippen molar-refractivity contribution in [1.82, 2.24) is 0 Å². The zero-order valence-electron chi connectivity index (χ0n) is 12.6. The number of amidine groups is 1. The van der Waals surface area contributed by atoms with Gasteiger partial charge >= 0.3 is 0 Å². The third kappa shape index (κ3) is 2.30. The third-order valence-electron chi connectivity index (χ3n) is 4.31. The van der Waals surface area contributed by atoms with Gasteiger partial charge in [0.1, 0.15) is 11.8 Å². The van der Waals surface area contributed by atoms with Crippen LogP contribution in [0.25, 0.3) is 5.57 Å². The monoisotopic (exact) mass is 340 g/mol. The van der Waals surface area contributed by atoms with Gasteiger partial charge in [-0.15, -0.1) is 0 Å². The maximum atomic E-state index is 12.5. The number of fused-ring (bicyclic) bond motifs is 2. The largest absolute Gasteiger partial charge is 0.368 e. The van der Waals surface area contributed by atoms with Gasteiger partial charge in [0, 0.05) is 17.0 Å². The highest BCUT2D eigenvalue weighted by Gasteiger charge is 2.41. The smallest absolute Gasteiger partial charge is 0.264 e. The minimum Gasteiger partial charge on any atom is -0.368 e. The first-order chi connectivity index (χ1) is 11.5. The van der Waals surface area contributed by atoms with Gasteiger partial charge in [-0.2, -0.15) is 9.98 Å². The van der Waals surface area contributed by atoms with Crippen LogP contribution in [-0.2, 0) is 9.59 Å². The molecule has 2 heterocycles. The summed E-state index contributed by atoms with van der Waals surface area (Å²) in [5, 5.41) is 0.579. The molecule has 0 spiro atoms. The molecule has 24 heavy (non-hydrogen) atoms. The summed E-state index contributed by atoms with van der Waals surface area (Å²) >= 11 is 5.97. The van der Waals surface area contributed by atoms with E-state index < -0.39 is 11.8 Å². The SMILES string of the molecule is NC1=NC(=O)C2C(=N1)N=C1CCCC(=O)C1=C2c1ccc(Cl)cc1. The second-order valence-electron chi connectivity index (χ2n) is 5.84. The van der Waals surface area contributed by atoms with Crippen molar-refractivity contribution in [2.45, 2.75) is 19.3 Å². The zero-order valence-corrected chi connectivity index (χ0v) is 13.4. The molecular formula is C17H13ClN4O2. The summed E-state index contributed by atoms with van der Waals surface area (Å²) in [6, 6.07) is 7.04. The van der Waals surface area contributed by atoms with E-state index >= 15 is 0 Å². The Morgan fingerprint density at radius 3 is 2.54 bits per heavy atom. The van der Waals surface area contributed by atoms with Crippen LogP contribution in [0.4, 0.5) is 0 Å². The number of dihydropyridines is 1. The average Bonchev–Trinajstić information content (AvgIpc) is 2.54. The van der Waals surface area contributed by atoms with Crippen LogP contribution in [0.15, 0.2) is 44.8 Å². The maximum Gasteiger partial charge on any atom is 0.264 e. The molecule has 2 N–H and O–H groups in total. The molecule has 7 heteroatoms. The van der Waals surface area contributed by atoms with Crippen LogP contribution >= 0.6 is 11.6 Å². The zero-order chi connectivity index (χ0) is 16.8. The van der Waals surface area contributed by atoms with Crippen LogP contribution in [-0.4, -0.2) is 29.2 Å². The number of benzene rings is 1. The van der Waals surface area contributed by atoms with E-state index in [0.717, 1.165) is 12.0 Å². The molecule has 1 fully saturated rings. The van der Waals surface area contributed by atoms with Gasteiger partial charge in [0.15, 0.2) is 5.78 Å². The molecule has 0 saturated heterocycles. The normalized spacial score (nSPS) is 23.2. The Kier molecular flexibility index (Phi) is 3.42. The van der Waals surface area contributed by atoms with E-state index in [1.165, 1.54) is 0 Å². The minimum absolute atomic E-state index is 0.000625. The van der Waals surface area contributed by atoms with E-state index in [9.17, 15) is 9.59 Å². The van der Waals surface area contributed by atoms with E-state index in [1.54, 1.807) is 24.3 Å². The number of carbonyl (C=O) groups excluding carboxylic acids is 2. The quantitative estimate of drug-likeness (QED) is 0.848. The summed E-state index contributed by atoms with van der Waals surface area (Å²) in [4.78, 5) is 37.4. The molecule has 6 nitrogen and oxygen atoms in total. The Morgan fingerprint density at radius 2 is 1.79 bits per heavy atom. The molecule has 0 radical (unpaired) electrons. The molecule has 0 aromatic heterocycles. The van der Waals surface area contributed by atoms with Crippen molar-refractivity contribution in [2.24, 2.45) is 26.6 Å². The average molecular weight is 341 g/mol. The van der Waals surface area contributed by atoms with Gasteiger partial charge in [0.2, 0.25) is 5.96 Å². The van der Waals surface area contributed by atoms with Gasteiger partial charge in [0.05, 0.1) is 5.71 Å². The van der Waals surface area contributed by atoms with Gasteiger partial charge < -0.3 is 5.73 Å². The Bertz CT molecular complexity index is 894. The molecule has 1 aromatic rings. The number of amides is 1. The fourth-order valence-electron chi connectivity index (χ4n) is 3.30. The number of nitrogens with zero attached hydrogens (tertiary/aromatic N) is 3. The van der Waals surface area contributed by atoms with Crippen molar-refractivity contribution < 1.29 is 9.59 Å². The lowest BCUT2D eigenvalue weighted by molar-refractivity contribution is -0.118. The molecular weight excluding hydrogens is 328 g/mol. The molecule has 1 amide bonds. The fraction of sp³-hybridized carbons (Fsp3) is 0.235. The van der Waals surface area contributed by atoms with Crippen LogP contribution in [0.1, 0.15) is 24.8 Å². The Morgan fingerprint density at radius 1 is 1.04 bits per heavy atom. The summed E-state index contributed by atoms with van der Waals surface area (Å²) in [5.41, 5.74) is 8.16. The number of carbonyl (C=O) groups is 2. The van der Waals surface area contributed by atoms with Crippen LogP contribution < -0.4 is 5.73 Å². The van der Waals surface area contributed by atoms with E-state index in [1.807, 2.05) is 0 Å². The van der Waals surface area contributed by atoms with E-state index in [-0.39, 0.29) is 11.7 Å². The second kappa shape index (κ2) is 5.49. The predicted molar refractivity (Wildman–Crippen MR) is 92.2 cm³/mol. The number of rotatable bonds is 1. The van der Waals surface area contributed by atoms with Crippen molar-refractivity contribution in [3.05, 3.63) is 40.4 Å². The summed E-state index contributed by atoms with van der Waals surface area (Å²) in [7, 11) is 0. The first-order valence-electron chi connectivity index (χ1n) is 7.62. The van der Waals surface area contributed by atoms with Gasteiger partial charge in [-0.3, -0.25) is 9.59 Å². The lowest BCUT2D eigenvalue weighted by Crippen LogP contribution is -2.38. The van der Waals surface area contributed by atoms with Crippen molar-refractivity contribution in [1.29, 1.82) is 0 Å². The number of halogens is 1. The molecule has 0 bridgehead atoms. The number of allylic oxidation sites excluding steroid dienone is 1. The highest BCUT2D eigenvalue weighted by Crippen LogP contribution is 2.38. The lowest BCUT2D eigenvalue weighted by Gasteiger charge is -2.30. The molecule has 1 aromatic carbocycles. The highest BCUT2D eigenvalue weighted by molar-refractivity contribution is 6.37. The topological polar surface area (TPSA) is 97.2 Å². The number of aliphatic imine (C=N–C) groups is 3. The minimum atomic E-state index is -0.792. The van der Waals surface area contributed by atoms with Gasteiger partial charge in [0.25, 0.3) is 5.91 Å². The summed E-state index contributed by atoms with van der Waals surface area (Å²) in [5.74, 6) is -1.03. The second-order valence-corrected chi connectivity index (χ2v) is 6.28. The lowest BCUT2D eigenvalue weighted by atomic mass is 9.77. The first-order valence-corrected chi connectivity index (χ1v) is 8.00. The van der Waals surface area contributed by atoms with E-state index in [0.29, 0.717) is 40.6 Å². The molecule has 1 aliphatic carbocycles. The van der Waals surface area contributed by atoms with E-state index in [2.05, 4.69) is 15.0 Å². The van der Waals surface area contributed by atoms with Crippen molar-refractivity contribution in [3.8, 4) is 0 Å². The number of ketones is 1. The standard InChI is InChI=1S/C17H13ClN4O2/c18-9-6-4-8(5-7-9)12-13-10(2-1-3-11(13)23)20-15-14(12)16(24)22-17(19)21-15/h4-7,14H,1-3H2,(H2,19,22,24). The highest BCUT2D eigenvalue weighted by atomic mass is 35.5. The van der Waals surface area contributed by atoms with Gasteiger partial charge in [-0.25, -0.2) is 4.99 Å². The predicted octanol–water partition coefficient (Wildman–Crippen LogP) is 2.17. The third-order valence-corrected chi connectivity index (χ3v) is 4.56. The molecule has 4 rings (SSSR count). The molecule has 1 atom stereocenters. The van der Waals surface area contributed by atoms with Crippen LogP contribution in [0.3, 0.4) is 0 Å².